The lowest BCUT2D eigenvalue weighted by Crippen LogP contribution is -2.47. The van der Waals surface area contributed by atoms with E-state index >= 15 is 0 Å². The number of hydrogen-bond acceptors (Lipinski definition) is 7. The SMILES string of the molecule is CNOC[C@H](O)[C@@H](O)[C@H](O)[C@H](O)CO. The molecule has 0 bridgehead atoms. The van der Waals surface area contributed by atoms with Crippen LogP contribution >= 0.6 is 0 Å². The molecular weight excluding hydrogens is 194 g/mol. The zero-order chi connectivity index (χ0) is 11.1. The highest BCUT2D eigenvalue weighted by atomic mass is 16.6. The smallest absolute Gasteiger partial charge is 0.111 e. The molecule has 0 fully saturated rings. The fourth-order valence-corrected chi connectivity index (χ4v) is 0.831. The van der Waals surface area contributed by atoms with E-state index in [0.717, 1.165) is 0 Å². The number of rotatable bonds is 7. The summed E-state index contributed by atoms with van der Waals surface area (Å²) in [6, 6.07) is 0. The maximum atomic E-state index is 9.24. The van der Waals surface area contributed by atoms with Crippen LogP contribution in [0.25, 0.3) is 0 Å². The van der Waals surface area contributed by atoms with E-state index in [9.17, 15) is 10.2 Å². The monoisotopic (exact) mass is 211 g/mol. The van der Waals surface area contributed by atoms with Gasteiger partial charge in [-0.15, -0.1) is 0 Å². The summed E-state index contributed by atoms with van der Waals surface area (Å²) in [4.78, 5) is 4.56. The van der Waals surface area contributed by atoms with E-state index in [4.69, 9.17) is 15.3 Å². The summed E-state index contributed by atoms with van der Waals surface area (Å²) in [6.07, 6.45) is -6.03. The molecule has 6 N–H and O–H groups in total. The van der Waals surface area contributed by atoms with Gasteiger partial charge in [0, 0.05) is 7.05 Å². The Balaban J connectivity index is 3.95. The molecule has 0 aliphatic rings. The maximum absolute atomic E-state index is 9.24. The van der Waals surface area contributed by atoms with Crippen LogP contribution in [0.2, 0.25) is 0 Å². The van der Waals surface area contributed by atoms with Crippen LogP contribution in [0.4, 0.5) is 0 Å². The average Bonchev–Trinajstić information content (AvgIpc) is 2.22. The van der Waals surface area contributed by atoms with Gasteiger partial charge in [0.05, 0.1) is 13.2 Å². The van der Waals surface area contributed by atoms with Gasteiger partial charge in [-0.1, -0.05) is 0 Å². The van der Waals surface area contributed by atoms with Crippen molar-refractivity contribution in [3.63, 3.8) is 0 Å². The largest absolute Gasteiger partial charge is 0.394 e. The van der Waals surface area contributed by atoms with Crippen LogP contribution in [0.5, 0.6) is 0 Å². The van der Waals surface area contributed by atoms with E-state index in [0.29, 0.717) is 0 Å². The molecule has 0 amide bonds. The topological polar surface area (TPSA) is 122 Å². The molecule has 0 aliphatic heterocycles. The van der Waals surface area contributed by atoms with Crippen molar-refractivity contribution in [1.82, 2.24) is 5.48 Å². The first-order chi connectivity index (χ1) is 6.54. The molecule has 0 rings (SSSR count). The zero-order valence-electron chi connectivity index (χ0n) is 7.87. The quantitative estimate of drug-likeness (QED) is 0.242. The van der Waals surface area contributed by atoms with E-state index in [1.54, 1.807) is 0 Å². The molecule has 86 valence electrons. The highest BCUT2D eigenvalue weighted by molar-refractivity contribution is 4.80. The molecule has 0 aromatic heterocycles. The first-order valence-corrected chi connectivity index (χ1v) is 4.16. The molecule has 0 unspecified atom stereocenters. The van der Waals surface area contributed by atoms with Gasteiger partial charge in [0.1, 0.15) is 24.4 Å². The fraction of sp³-hybridized carbons (Fsp3) is 1.00. The summed E-state index contributed by atoms with van der Waals surface area (Å²) in [5.41, 5.74) is 2.27. The summed E-state index contributed by atoms with van der Waals surface area (Å²) >= 11 is 0. The lowest BCUT2D eigenvalue weighted by Gasteiger charge is -2.25. The van der Waals surface area contributed by atoms with Gasteiger partial charge in [-0.2, -0.15) is 0 Å². The molecule has 7 nitrogen and oxygen atoms in total. The predicted octanol–water partition coefficient (Wildman–Crippen LogP) is -3.43. The van der Waals surface area contributed by atoms with Crippen molar-refractivity contribution in [3.8, 4) is 0 Å². The van der Waals surface area contributed by atoms with Gasteiger partial charge in [0.2, 0.25) is 0 Å². The van der Waals surface area contributed by atoms with E-state index in [1.807, 2.05) is 0 Å². The summed E-state index contributed by atoms with van der Waals surface area (Å²) in [6.45, 7) is -0.940. The van der Waals surface area contributed by atoms with Gasteiger partial charge in [0.15, 0.2) is 0 Å². The molecular formula is C7H17NO6. The molecule has 0 aromatic carbocycles. The Labute approximate surface area is 81.5 Å². The summed E-state index contributed by atoms with van der Waals surface area (Å²) in [7, 11) is 1.47. The minimum absolute atomic E-state index is 0.243. The third-order valence-electron chi connectivity index (χ3n) is 1.72. The number of nitrogens with one attached hydrogen (secondary N) is 1. The predicted molar refractivity (Wildman–Crippen MR) is 46.1 cm³/mol. The van der Waals surface area contributed by atoms with Crippen LogP contribution in [0.15, 0.2) is 0 Å². The fourth-order valence-electron chi connectivity index (χ4n) is 0.831. The first kappa shape index (κ1) is 13.7. The van der Waals surface area contributed by atoms with Gasteiger partial charge in [0.25, 0.3) is 0 Å². The van der Waals surface area contributed by atoms with Crippen LogP contribution in [0.1, 0.15) is 0 Å². The molecule has 4 atom stereocenters. The Hall–Kier alpha value is -0.280. The van der Waals surface area contributed by atoms with Crippen molar-refractivity contribution in [3.05, 3.63) is 0 Å². The highest BCUT2D eigenvalue weighted by Crippen LogP contribution is 2.04. The minimum atomic E-state index is -1.62. The van der Waals surface area contributed by atoms with E-state index < -0.39 is 31.0 Å². The lowest BCUT2D eigenvalue weighted by atomic mass is 10.0. The average molecular weight is 211 g/mol. The van der Waals surface area contributed by atoms with Crippen LogP contribution in [0, 0.1) is 0 Å². The Morgan fingerprint density at radius 2 is 1.57 bits per heavy atom. The van der Waals surface area contributed by atoms with Crippen molar-refractivity contribution < 1.29 is 30.4 Å². The van der Waals surface area contributed by atoms with Gasteiger partial charge >= 0.3 is 0 Å². The van der Waals surface area contributed by atoms with E-state index in [1.165, 1.54) is 7.05 Å². The number of hydroxylamine groups is 1. The second-order valence-electron chi connectivity index (χ2n) is 2.81. The maximum Gasteiger partial charge on any atom is 0.111 e. The minimum Gasteiger partial charge on any atom is -0.394 e. The molecule has 0 saturated heterocycles. The molecule has 0 aliphatic carbocycles. The zero-order valence-corrected chi connectivity index (χ0v) is 7.87. The summed E-state index contributed by atoms with van der Waals surface area (Å²) < 4.78 is 0. The number of aliphatic hydroxyl groups excluding tert-OH is 5. The van der Waals surface area contributed by atoms with Gasteiger partial charge in [-0.25, -0.2) is 5.48 Å². The van der Waals surface area contributed by atoms with Crippen molar-refractivity contribution in [2.24, 2.45) is 0 Å². The van der Waals surface area contributed by atoms with Crippen molar-refractivity contribution >= 4 is 0 Å². The van der Waals surface area contributed by atoms with Gasteiger partial charge in [-0.05, 0) is 0 Å². The lowest BCUT2D eigenvalue weighted by molar-refractivity contribution is -0.135. The van der Waals surface area contributed by atoms with Crippen molar-refractivity contribution in [1.29, 1.82) is 0 Å². The Morgan fingerprint density at radius 1 is 1.07 bits per heavy atom. The van der Waals surface area contributed by atoms with Crippen LogP contribution < -0.4 is 5.48 Å². The first-order valence-electron chi connectivity index (χ1n) is 4.16. The second-order valence-corrected chi connectivity index (χ2v) is 2.81. The Kier molecular flexibility index (Phi) is 6.93. The third kappa shape index (κ3) is 4.29. The number of aliphatic hydroxyl groups is 5. The van der Waals surface area contributed by atoms with Crippen LogP contribution in [0.3, 0.4) is 0 Å². The third-order valence-corrected chi connectivity index (χ3v) is 1.72. The van der Waals surface area contributed by atoms with Crippen LogP contribution in [-0.2, 0) is 4.84 Å². The molecule has 0 spiro atoms. The van der Waals surface area contributed by atoms with Crippen molar-refractivity contribution in [2.75, 3.05) is 20.3 Å². The molecule has 14 heavy (non-hydrogen) atoms. The van der Waals surface area contributed by atoms with E-state index in [-0.39, 0.29) is 6.61 Å². The summed E-state index contributed by atoms with van der Waals surface area (Å²) in [5, 5.41) is 45.0. The van der Waals surface area contributed by atoms with E-state index in [2.05, 4.69) is 10.3 Å². The van der Waals surface area contributed by atoms with Crippen molar-refractivity contribution in [2.45, 2.75) is 24.4 Å². The molecule has 0 aromatic rings. The highest BCUT2D eigenvalue weighted by Gasteiger charge is 2.29. The standard InChI is InChI=1S/C7H17NO6/c1-8-14-3-5(11)7(13)6(12)4(10)2-9/h4-13H,2-3H2,1H3/t4-,5+,6-,7-/m1/s1. The number of hydrogen-bond donors (Lipinski definition) is 6. The summed E-state index contributed by atoms with van der Waals surface area (Å²) in [5.74, 6) is 0. The normalized spacial score (nSPS) is 20.1. The van der Waals surface area contributed by atoms with Gasteiger partial charge in [-0.3, -0.25) is 4.84 Å². The molecule has 0 heterocycles. The van der Waals surface area contributed by atoms with Crippen LogP contribution in [-0.4, -0.2) is 70.2 Å². The Morgan fingerprint density at radius 3 is 2.00 bits per heavy atom. The molecule has 0 saturated carbocycles. The molecule has 0 radical (unpaired) electrons. The molecule has 7 heteroatoms. The van der Waals surface area contributed by atoms with Gasteiger partial charge < -0.3 is 25.5 Å². The second kappa shape index (κ2) is 7.07. The Bertz CT molecular complexity index is 146.